The molecule has 0 heterocycles. The van der Waals surface area contributed by atoms with Crippen molar-refractivity contribution in [1.82, 2.24) is 0 Å². The Balaban J connectivity index is 0.00000294. The van der Waals surface area contributed by atoms with Crippen molar-refractivity contribution in [3.63, 3.8) is 0 Å². The summed E-state index contributed by atoms with van der Waals surface area (Å²) in [6.07, 6.45) is 4.25. The standard InChI is InChI=1S/C37H47Si.3ClH.Ti/c1-11-30-18-31(12-2)21-35(20-30)38(34-16-24(5)15-25(6)17-34,37-28(9)26(7)27(8)29(37)10)36-22-32(13-3)19-33(14-4)23-36;;;;/h15-23H,11-14H2,1-10H3;3*1H;/q;;;;+3/p-3. The number of benzene rings is 3. The second-order valence-corrected chi connectivity index (χ2v) is 17.8. The van der Waals surface area contributed by atoms with E-state index in [1.54, 1.807) is 26.7 Å². The second-order valence-electron chi connectivity index (χ2n) is 11.9. The van der Waals surface area contributed by atoms with Gasteiger partial charge >= 0.3 is 253 Å². The van der Waals surface area contributed by atoms with Crippen LogP contribution in [0.1, 0.15) is 88.8 Å². The van der Waals surface area contributed by atoms with Crippen molar-refractivity contribution in [3.8, 4) is 0 Å². The third-order valence-corrected chi connectivity index (χ3v) is 17.9. The van der Waals surface area contributed by atoms with Gasteiger partial charge in [-0.05, 0) is 0 Å². The van der Waals surface area contributed by atoms with Crippen molar-refractivity contribution in [2.75, 3.05) is 0 Å². The number of rotatable bonds is 8. The quantitative estimate of drug-likeness (QED) is 0.212. The normalized spacial score (nSPS) is 14.4. The molecule has 0 saturated heterocycles. The molecule has 0 bridgehead atoms. The first-order valence-electron chi connectivity index (χ1n) is 14.9. The number of hydrogen-bond acceptors (Lipinski definition) is 0. The molecule has 1 aliphatic carbocycles. The van der Waals surface area contributed by atoms with Crippen molar-refractivity contribution < 1.29 is 57.7 Å². The summed E-state index contributed by atoms with van der Waals surface area (Å²) in [5.41, 5.74) is 14.7. The minimum Gasteiger partial charge on any atom is -1.00 e. The predicted molar refractivity (Wildman–Crippen MR) is 170 cm³/mol. The Morgan fingerprint density at radius 3 is 1.05 bits per heavy atom. The van der Waals surface area contributed by atoms with E-state index < -0.39 is 8.07 Å². The SMILES string of the molecule is CCc1cc(CC)cc([Si](c2cc(C)cc(C)c2)(c2cc(CC)cc(CC)c2)[C]2([Ti+3])C(C)=C(C)C(C)=C2C)c1.[Cl-].[Cl-].[Cl-]. The molecule has 0 atom stereocenters. The molecule has 4 rings (SSSR count). The first-order valence-corrected chi connectivity index (χ1v) is 17.7. The zero-order chi connectivity index (χ0) is 28.7. The van der Waals surface area contributed by atoms with Crippen LogP contribution in [-0.4, -0.2) is 8.07 Å². The Bertz CT molecular complexity index is 1340. The van der Waals surface area contributed by atoms with Crippen molar-refractivity contribution >= 4 is 23.6 Å². The molecule has 0 saturated carbocycles. The predicted octanol–water partition coefficient (Wildman–Crippen LogP) is -1.03. The summed E-state index contributed by atoms with van der Waals surface area (Å²) in [6, 6.07) is 22.7. The average Bonchev–Trinajstić information content (AvgIpc) is 3.08. The molecule has 1 aliphatic rings. The molecule has 224 valence electrons. The molecule has 0 unspecified atom stereocenters. The fraction of sp³-hybridized carbons (Fsp3) is 0.405. The van der Waals surface area contributed by atoms with Gasteiger partial charge in [0.05, 0.1) is 0 Å². The van der Waals surface area contributed by atoms with Crippen LogP contribution >= 0.6 is 0 Å². The topological polar surface area (TPSA) is 0 Å². The Morgan fingerprint density at radius 2 is 0.762 bits per heavy atom. The van der Waals surface area contributed by atoms with Gasteiger partial charge in [0, 0.05) is 0 Å². The molecular formula is C37H47Cl3SiTi. The number of halogens is 3. The monoisotopic (exact) mass is 672 g/mol. The van der Waals surface area contributed by atoms with Gasteiger partial charge in [-0.2, -0.15) is 0 Å². The molecule has 0 nitrogen and oxygen atoms in total. The number of allylic oxidation sites excluding steroid dienone is 4. The summed E-state index contributed by atoms with van der Waals surface area (Å²) in [4.78, 5) is 0. The first kappa shape index (κ1) is 39.0. The van der Waals surface area contributed by atoms with Gasteiger partial charge in [-0.15, -0.1) is 0 Å². The van der Waals surface area contributed by atoms with Crippen molar-refractivity contribution in [2.24, 2.45) is 0 Å². The van der Waals surface area contributed by atoms with Gasteiger partial charge in [-0.1, -0.05) is 0 Å². The van der Waals surface area contributed by atoms with Crippen LogP contribution in [0.2, 0.25) is 3.34 Å². The third-order valence-electron chi connectivity index (χ3n) is 9.63. The van der Waals surface area contributed by atoms with Gasteiger partial charge in [-0.3, -0.25) is 0 Å². The van der Waals surface area contributed by atoms with Gasteiger partial charge < -0.3 is 37.2 Å². The average molecular weight is 674 g/mol. The summed E-state index contributed by atoms with van der Waals surface area (Å²) in [5, 5.41) is 4.69. The van der Waals surface area contributed by atoms with Crippen molar-refractivity contribution in [2.45, 2.75) is 98.3 Å². The summed E-state index contributed by atoms with van der Waals surface area (Å²) in [7, 11) is -2.69. The van der Waals surface area contributed by atoms with Crippen molar-refractivity contribution in [1.29, 1.82) is 0 Å². The summed E-state index contributed by atoms with van der Waals surface area (Å²) >= 11 is 2.61. The summed E-state index contributed by atoms with van der Waals surface area (Å²) in [6.45, 7) is 23.4. The van der Waals surface area contributed by atoms with Crippen molar-refractivity contribution in [3.05, 3.63) is 110 Å². The van der Waals surface area contributed by atoms with E-state index in [0.29, 0.717) is 0 Å². The van der Waals surface area contributed by atoms with Crippen LogP contribution in [0.3, 0.4) is 0 Å². The maximum Gasteiger partial charge on any atom is -1.00 e. The Hall–Kier alpha value is -1.06. The fourth-order valence-electron chi connectivity index (χ4n) is 7.08. The molecule has 3 aromatic rings. The maximum absolute atomic E-state index is 2.69. The van der Waals surface area contributed by atoms with E-state index in [-0.39, 0.29) is 40.6 Å². The van der Waals surface area contributed by atoms with Crippen LogP contribution in [0.5, 0.6) is 0 Å². The molecule has 3 aromatic carbocycles. The van der Waals surface area contributed by atoms with Crippen LogP contribution in [0, 0.1) is 13.8 Å². The van der Waals surface area contributed by atoms with Crippen LogP contribution < -0.4 is 52.8 Å². The maximum atomic E-state index is 2.61. The minimum atomic E-state index is -2.69. The van der Waals surface area contributed by atoms with Gasteiger partial charge in [-0.25, -0.2) is 0 Å². The number of hydrogen-bond donors (Lipinski definition) is 0. The largest absolute Gasteiger partial charge is 1.00 e. The van der Waals surface area contributed by atoms with Crippen LogP contribution in [0.15, 0.2) is 76.9 Å². The zero-order valence-electron chi connectivity index (χ0n) is 27.2. The van der Waals surface area contributed by atoms with Crippen LogP contribution in [-0.2, 0) is 46.1 Å². The molecule has 0 aliphatic heterocycles. The van der Waals surface area contributed by atoms with Gasteiger partial charge in [0.15, 0.2) is 0 Å². The molecule has 0 N–H and O–H groups in total. The Kier molecular flexibility index (Phi) is 14.2. The van der Waals surface area contributed by atoms with E-state index in [4.69, 9.17) is 0 Å². The Morgan fingerprint density at radius 1 is 0.476 bits per heavy atom. The third kappa shape index (κ3) is 6.35. The second kappa shape index (κ2) is 15.3. The molecule has 0 radical (unpaired) electrons. The molecule has 0 fully saturated rings. The van der Waals surface area contributed by atoms with Crippen LogP contribution in [0.4, 0.5) is 0 Å². The number of aryl methyl sites for hydroxylation is 6. The summed E-state index contributed by atoms with van der Waals surface area (Å²) in [5.74, 6) is 0. The molecule has 0 aromatic heterocycles. The first-order chi connectivity index (χ1) is 18.5. The van der Waals surface area contributed by atoms with E-state index in [9.17, 15) is 0 Å². The van der Waals surface area contributed by atoms with E-state index >= 15 is 0 Å². The van der Waals surface area contributed by atoms with E-state index in [1.807, 2.05) is 0 Å². The summed E-state index contributed by atoms with van der Waals surface area (Å²) < 4.78 is -0.0733. The minimum absolute atomic E-state index is 0. The van der Waals surface area contributed by atoms with Gasteiger partial charge in [0.25, 0.3) is 0 Å². The van der Waals surface area contributed by atoms with Gasteiger partial charge in [0.2, 0.25) is 0 Å². The molecule has 5 heteroatoms. The van der Waals surface area contributed by atoms with E-state index in [1.165, 1.54) is 44.5 Å². The zero-order valence-corrected chi connectivity index (χ0v) is 32.0. The molecule has 0 spiro atoms. The smallest absolute Gasteiger partial charge is 1.00 e. The van der Waals surface area contributed by atoms with Gasteiger partial charge in [0.1, 0.15) is 0 Å². The molecule has 0 amide bonds. The van der Waals surface area contributed by atoms with Crippen LogP contribution in [0.25, 0.3) is 0 Å². The molecule has 42 heavy (non-hydrogen) atoms. The van der Waals surface area contributed by atoms with E-state index in [0.717, 1.165) is 25.7 Å². The molecular weight excluding hydrogens is 627 g/mol. The Labute approximate surface area is 287 Å². The fourth-order valence-corrected chi connectivity index (χ4v) is 16.0. The van der Waals surface area contributed by atoms with E-state index in [2.05, 4.69) is 144 Å².